The number of thiophene rings is 1. The van der Waals surface area contributed by atoms with Gasteiger partial charge in [0.2, 0.25) is 0 Å². The van der Waals surface area contributed by atoms with Crippen molar-refractivity contribution >= 4 is 33.3 Å². The molecule has 1 aliphatic heterocycles. The van der Waals surface area contributed by atoms with E-state index in [9.17, 15) is 0 Å². The molecule has 35 heavy (non-hydrogen) atoms. The van der Waals surface area contributed by atoms with E-state index in [0.717, 1.165) is 64.3 Å². The van der Waals surface area contributed by atoms with Crippen molar-refractivity contribution in [2.24, 2.45) is 5.92 Å². The van der Waals surface area contributed by atoms with Crippen molar-refractivity contribution in [2.75, 3.05) is 32.0 Å². The van der Waals surface area contributed by atoms with Crippen molar-refractivity contribution in [3.8, 4) is 22.6 Å². The highest BCUT2D eigenvalue weighted by molar-refractivity contribution is 7.18. The first-order valence-electron chi connectivity index (χ1n) is 12.2. The molecule has 5 rings (SSSR count). The molecule has 3 heterocycles. The predicted molar refractivity (Wildman–Crippen MR) is 146 cm³/mol. The summed E-state index contributed by atoms with van der Waals surface area (Å²) in [5.41, 5.74) is 9.64. The van der Waals surface area contributed by atoms with Gasteiger partial charge >= 0.3 is 0 Å². The molecule has 0 radical (unpaired) electrons. The zero-order chi connectivity index (χ0) is 24.0. The van der Waals surface area contributed by atoms with Crippen LogP contribution in [0, 0.1) is 5.92 Å². The number of para-hydroxylation sites is 1. The quantitative estimate of drug-likeness (QED) is 0.300. The molecule has 2 aromatic carbocycles. The number of benzene rings is 2. The third-order valence-corrected chi connectivity index (χ3v) is 7.73. The maximum atomic E-state index is 9.15. The summed E-state index contributed by atoms with van der Waals surface area (Å²) in [5.74, 6) is 2.85. The number of aliphatic hydroxyl groups is 1. The summed E-state index contributed by atoms with van der Waals surface area (Å²) in [6.45, 7) is 3.42. The highest BCUT2D eigenvalue weighted by atomic mass is 32.1. The molecule has 0 amide bonds. The van der Waals surface area contributed by atoms with Crippen molar-refractivity contribution in [3.63, 3.8) is 0 Å². The number of aromatic nitrogens is 1. The van der Waals surface area contributed by atoms with Gasteiger partial charge in [0.15, 0.2) is 0 Å². The van der Waals surface area contributed by atoms with E-state index in [1.54, 1.807) is 11.3 Å². The molecule has 0 spiro atoms. The van der Waals surface area contributed by atoms with E-state index >= 15 is 0 Å². The van der Waals surface area contributed by atoms with Gasteiger partial charge in [-0.05, 0) is 73.5 Å². The number of anilines is 1. The van der Waals surface area contributed by atoms with Crippen LogP contribution < -0.4 is 10.5 Å². The molecule has 1 aliphatic rings. The van der Waals surface area contributed by atoms with Crippen LogP contribution in [-0.2, 0) is 0 Å². The Morgan fingerprint density at radius 2 is 1.80 bits per heavy atom. The normalized spacial score (nSPS) is 15.2. The molecule has 3 N–H and O–H groups in total. The van der Waals surface area contributed by atoms with E-state index in [-0.39, 0.29) is 0 Å². The Kier molecular flexibility index (Phi) is 7.42. The van der Waals surface area contributed by atoms with Crippen molar-refractivity contribution in [1.29, 1.82) is 0 Å². The topological polar surface area (TPSA) is 71.6 Å². The average molecular weight is 486 g/mol. The minimum atomic E-state index is 0.305. The van der Waals surface area contributed by atoms with Crippen LogP contribution in [0.15, 0.2) is 72.3 Å². The van der Waals surface area contributed by atoms with Gasteiger partial charge in [-0.25, -0.2) is 4.98 Å². The fourth-order valence-corrected chi connectivity index (χ4v) is 5.79. The van der Waals surface area contributed by atoms with Gasteiger partial charge < -0.3 is 15.6 Å². The first kappa shape index (κ1) is 23.5. The minimum Gasteiger partial charge on any atom is -0.457 e. The maximum absolute atomic E-state index is 9.15. The molecule has 0 atom stereocenters. The van der Waals surface area contributed by atoms with Crippen LogP contribution in [-0.4, -0.2) is 41.2 Å². The summed E-state index contributed by atoms with van der Waals surface area (Å²) in [7, 11) is 0. The first-order valence-corrected chi connectivity index (χ1v) is 13.1. The van der Waals surface area contributed by atoms with E-state index in [1.807, 2.05) is 48.7 Å². The number of nitrogens with two attached hydrogens (primary N) is 1. The van der Waals surface area contributed by atoms with E-state index in [1.165, 1.54) is 12.8 Å². The van der Waals surface area contributed by atoms with E-state index in [4.69, 9.17) is 15.6 Å². The van der Waals surface area contributed by atoms with Gasteiger partial charge in [0, 0.05) is 40.6 Å². The van der Waals surface area contributed by atoms with Gasteiger partial charge in [-0.15, -0.1) is 11.3 Å². The Bertz CT molecular complexity index is 1280. The van der Waals surface area contributed by atoms with Crippen LogP contribution in [0.2, 0.25) is 0 Å². The van der Waals surface area contributed by atoms with Crippen molar-refractivity contribution in [1.82, 2.24) is 9.88 Å². The zero-order valence-electron chi connectivity index (χ0n) is 19.8. The first-order chi connectivity index (χ1) is 17.2. The third-order valence-electron chi connectivity index (χ3n) is 6.70. The second kappa shape index (κ2) is 11.0. The van der Waals surface area contributed by atoms with E-state index < -0.39 is 0 Å². The SMILES string of the molecule is Nc1ncc(C=CCN2CCC(CCO)CC2)c2scc(-c3ccc(Oc4ccccc4)cc3)c12. The van der Waals surface area contributed by atoms with Gasteiger partial charge in [-0.2, -0.15) is 0 Å². The van der Waals surface area contributed by atoms with Gasteiger partial charge in [0.05, 0.1) is 0 Å². The number of hydrogen-bond acceptors (Lipinski definition) is 6. The number of rotatable bonds is 8. The minimum absolute atomic E-state index is 0.305. The van der Waals surface area contributed by atoms with E-state index in [0.29, 0.717) is 18.3 Å². The number of likely N-dealkylation sites (tertiary alicyclic amines) is 1. The Balaban J connectivity index is 1.30. The number of aliphatic hydroxyl groups excluding tert-OH is 1. The predicted octanol–water partition coefficient (Wildman–Crippen LogP) is 6.45. The van der Waals surface area contributed by atoms with Crippen molar-refractivity contribution < 1.29 is 9.84 Å². The van der Waals surface area contributed by atoms with Crippen LogP contribution in [0.25, 0.3) is 27.3 Å². The number of nitrogens with zero attached hydrogens (tertiary/aromatic N) is 2. The molecular weight excluding hydrogens is 454 g/mol. The Labute approximate surface area is 210 Å². The summed E-state index contributed by atoms with van der Waals surface area (Å²) in [6.07, 6.45) is 9.55. The van der Waals surface area contributed by atoms with Crippen molar-refractivity contribution in [2.45, 2.75) is 19.3 Å². The molecule has 180 valence electrons. The molecule has 4 aromatic rings. The second-order valence-electron chi connectivity index (χ2n) is 9.05. The van der Waals surface area contributed by atoms with Crippen LogP contribution in [0.1, 0.15) is 24.8 Å². The molecule has 0 bridgehead atoms. The summed E-state index contributed by atoms with van der Waals surface area (Å²) in [6, 6.07) is 17.9. The molecule has 2 aromatic heterocycles. The molecule has 0 saturated carbocycles. The highest BCUT2D eigenvalue weighted by Crippen LogP contribution is 2.39. The number of pyridine rings is 1. The van der Waals surface area contributed by atoms with Gasteiger partial charge in [0.1, 0.15) is 17.3 Å². The van der Waals surface area contributed by atoms with Crippen LogP contribution in [0.3, 0.4) is 0 Å². The van der Waals surface area contributed by atoms with Crippen molar-refractivity contribution in [3.05, 3.63) is 77.8 Å². The lowest BCUT2D eigenvalue weighted by atomic mass is 9.94. The molecule has 6 heteroatoms. The molecular formula is C29H31N3O2S. The summed E-state index contributed by atoms with van der Waals surface area (Å²) >= 11 is 1.71. The average Bonchev–Trinajstić information content (AvgIpc) is 3.34. The Morgan fingerprint density at radius 3 is 2.54 bits per heavy atom. The third kappa shape index (κ3) is 5.56. The Morgan fingerprint density at radius 1 is 1.06 bits per heavy atom. The maximum Gasteiger partial charge on any atom is 0.132 e. The lowest BCUT2D eigenvalue weighted by Crippen LogP contribution is -2.34. The van der Waals surface area contributed by atoms with E-state index in [2.05, 4.69) is 39.5 Å². The smallest absolute Gasteiger partial charge is 0.132 e. The summed E-state index contributed by atoms with van der Waals surface area (Å²) < 4.78 is 7.10. The number of fused-ring (bicyclic) bond motifs is 1. The summed E-state index contributed by atoms with van der Waals surface area (Å²) in [5, 5.41) is 12.3. The fourth-order valence-electron chi connectivity index (χ4n) is 4.71. The molecule has 1 saturated heterocycles. The second-order valence-corrected chi connectivity index (χ2v) is 9.93. The van der Waals surface area contributed by atoms with Crippen LogP contribution >= 0.6 is 11.3 Å². The van der Waals surface area contributed by atoms with Gasteiger partial charge in [-0.1, -0.05) is 42.5 Å². The lowest BCUT2D eigenvalue weighted by Gasteiger charge is -2.30. The number of hydrogen-bond donors (Lipinski definition) is 2. The largest absolute Gasteiger partial charge is 0.457 e. The standard InChI is InChI=1S/C29H31N3O2S/c30-29-27-26(22-8-10-25(11-9-22)34-24-6-2-1-3-7-24)20-35-28(27)23(19-31-29)5-4-15-32-16-12-21(13-17-32)14-18-33/h1-11,19-21,33H,12-18H2,(H2,30,31). The van der Waals surface area contributed by atoms with Crippen LogP contribution in [0.4, 0.5) is 5.82 Å². The fraction of sp³-hybridized carbons (Fsp3) is 0.276. The number of nitrogen functional groups attached to an aromatic ring is 1. The molecule has 0 aliphatic carbocycles. The number of ether oxygens (including phenoxy) is 1. The number of piperidine rings is 1. The van der Waals surface area contributed by atoms with Gasteiger partial charge in [-0.3, -0.25) is 4.90 Å². The molecule has 0 unspecified atom stereocenters. The Hall–Kier alpha value is -3.19. The monoisotopic (exact) mass is 485 g/mol. The highest BCUT2D eigenvalue weighted by Gasteiger charge is 2.18. The molecule has 1 fully saturated rings. The zero-order valence-corrected chi connectivity index (χ0v) is 20.6. The van der Waals surface area contributed by atoms with Gasteiger partial charge in [0.25, 0.3) is 0 Å². The molecule has 5 nitrogen and oxygen atoms in total. The summed E-state index contributed by atoms with van der Waals surface area (Å²) in [4.78, 5) is 6.98. The van der Waals surface area contributed by atoms with Crippen LogP contribution in [0.5, 0.6) is 11.5 Å². The lowest BCUT2D eigenvalue weighted by molar-refractivity contribution is 0.169.